The Morgan fingerprint density at radius 2 is 0.487 bits per heavy atom. The maximum atomic E-state index is 12.9. The molecule has 1 unspecified atom stereocenters. The van der Waals surface area contributed by atoms with Crippen molar-refractivity contribution < 1.29 is 28.6 Å². The molecule has 0 saturated heterocycles. The van der Waals surface area contributed by atoms with Crippen molar-refractivity contribution in [3.05, 3.63) is 122 Å². The first kappa shape index (κ1) is 75.8. The van der Waals surface area contributed by atoms with Crippen LogP contribution in [0.1, 0.15) is 310 Å². The normalized spacial score (nSPS) is 12.9. The van der Waals surface area contributed by atoms with Crippen LogP contribution in [-0.4, -0.2) is 37.2 Å². The van der Waals surface area contributed by atoms with Crippen molar-refractivity contribution in [2.45, 2.75) is 316 Å². The quantitative estimate of drug-likeness (QED) is 0.0261. The summed E-state index contributed by atoms with van der Waals surface area (Å²) >= 11 is 0. The summed E-state index contributed by atoms with van der Waals surface area (Å²) in [4.78, 5) is 38.3. The van der Waals surface area contributed by atoms with Crippen LogP contribution < -0.4 is 0 Å². The van der Waals surface area contributed by atoms with Crippen LogP contribution in [0, 0.1) is 0 Å². The van der Waals surface area contributed by atoms with E-state index in [2.05, 4.69) is 142 Å². The van der Waals surface area contributed by atoms with Crippen molar-refractivity contribution in [1.82, 2.24) is 0 Å². The van der Waals surface area contributed by atoms with E-state index in [9.17, 15) is 14.4 Å². The van der Waals surface area contributed by atoms with E-state index in [0.717, 1.165) is 128 Å². The van der Waals surface area contributed by atoms with Gasteiger partial charge in [-0.2, -0.15) is 0 Å². The number of hydrogen-bond acceptors (Lipinski definition) is 6. The SMILES string of the molecule is CC/C=C\C/C=C\C/C=C\C/C=C\C/C=C\C/C=C\C/C=C\C/C=C\CCCCCCCCC(=O)OCC(COC(=O)CCCCCCCCCCCC)OC(=O)CCCCCCCCCCC/C=C\C/C=C\CCCCCCC. The van der Waals surface area contributed by atoms with E-state index in [-0.39, 0.29) is 31.1 Å². The van der Waals surface area contributed by atoms with Crippen LogP contribution in [0.15, 0.2) is 122 Å². The molecule has 0 aliphatic carbocycles. The molecule has 0 aliphatic rings. The lowest BCUT2D eigenvalue weighted by molar-refractivity contribution is -0.167. The van der Waals surface area contributed by atoms with Gasteiger partial charge in [-0.1, -0.05) is 296 Å². The van der Waals surface area contributed by atoms with Crippen molar-refractivity contribution in [2.75, 3.05) is 13.2 Å². The van der Waals surface area contributed by atoms with E-state index in [0.29, 0.717) is 19.3 Å². The fraction of sp³-hybridized carbons (Fsp3) is 0.689. The van der Waals surface area contributed by atoms with Gasteiger partial charge in [-0.3, -0.25) is 14.4 Å². The van der Waals surface area contributed by atoms with Gasteiger partial charge in [-0.25, -0.2) is 0 Å². The molecule has 0 aliphatic heterocycles. The zero-order chi connectivity index (χ0) is 57.8. The zero-order valence-electron chi connectivity index (χ0n) is 52.3. The molecule has 0 N–H and O–H groups in total. The number of allylic oxidation sites excluding steroid dienone is 20. The van der Waals surface area contributed by atoms with Crippen LogP contribution in [-0.2, 0) is 28.6 Å². The van der Waals surface area contributed by atoms with E-state index in [4.69, 9.17) is 14.2 Å². The molecule has 0 rings (SSSR count). The average molecular weight is 1110 g/mol. The van der Waals surface area contributed by atoms with Crippen molar-refractivity contribution in [1.29, 1.82) is 0 Å². The molecule has 0 amide bonds. The Hall–Kier alpha value is -4.19. The van der Waals surface area contributed by atoms with Crippen molar-refractivity contribution >= 4 is 17.9 Å². The molecular weight excluding hydrogens is 985 g/mol. The molecule has 0 aromatic heterocycles. The minimum Gasteiger partial charge on any atom is -0.462 e. The molecule has 80 heavy (non-hydrogen) atoms. The first-order chi connectivity index (χ1) is 39.5. The third-order valence-electron chi connectivity index (χ3n) is 14.2. The molecule has 0 bridgehead atoms. The van der Waals surface area contributed by atoms with Gasteiger partial charge >= 0.3 is 17.9 Å². The lowest BCUT2D eigenvalue weighted by atomic mass is 10.1. The number of unbranched alkanes of at least 4 members (excludes halogenated alkanes) is 29. The maximum absolute atomic E-state index is 12.9. The Morgan fingerprint density at radius 1 is 0.263 bits per heavy atom. The van der Waals surface area contributed by atoms with Crippen molar-refractivity contribution in [2.24, 2.45) is 0 Å². The average Bonchev–Trinajstić information content (AvgIpc) is 3.46. The van der Waals surface area contributed by atoms with Gasteiger partial charge in [-0.05, 0) is 116 Å². The molecule has 0 heterocycles. The third-order valence-corrected chi connectivity index (χ3v) is 14.2. The summed E-state index contributed by atoms with van der Waals surface area (Å²) in [5.74, 6) is -0.898. The lowest BCUT2D eigenvalue weighted by Gasteiger charge is -2.18. The molecule has 1 atom stereocenters. The number of rotatable bonds is 60. The highest BCUT2D eigenvalue weighted by Crippen LogP contribution is 2.16. The van der Waals surface area contributed by atoms with Crippen molar-refractivity contribution in [3.63, 3.8) is 0 Å². The second-order valence-electron chi connectivity index (χ2n) is 22.0. The Kier molecular flexibility index (Phi) is 63.8. The van der Waals surface area contributed by atoms with Gasteiger partial charge in [0.1, 0.15) is 13.2 Å². The van der Waals surface area contributed by atoms with Crippen LogP contribution in [0.3, 0.4) is 0 Å². The fourth-order valence-electron chi connectivity index (χ4n) is 9.20. The first-order valence-corrected chi connectivity index (χ1v) is 33.5. The van der Waals surface area contributed by atoms with Crippen LogP contribution in [0.2, 0.25) is 0 Å². The summed E-state index contributed by atoms with van der Waals surface area (Å²) in [6, 6.07) is 0. The minimum absolute atomic E-state index is 0.0838. The molecule has 0 fully saturated rings. The largest absolute Gasteiger partial charge is 0.462 e. The van der Waals surface area contributed by atoms with Crippen LogP contribution in [0.4, 0.5) is 0 Å². The lowest BCUT2D eigenvalue weighted by Crippen LogP contribution is -2.30. The fourth-order valence-corrected chi connectivity index (χ4v) is 9.20. The van der Waals surface area contributed by atoms with Crippen LogP contribution in [0.5, 0.6) is 0 Å². The van der Waals surface area contributed by atoms with E-state index in [1.807, 2.05) is 0 Å². The number of hydrogen-bond donors (Lipinski definition) is 0. The maximum Gasteiger partial charge on any atom is 0.306 e. The molecule has 6 nitrogen and oxygen atoms in total. The van der Waals surface area contributed by atoms with E-state index >= 15 is 0 Å². The van der Waals surface area contributed by atoms with Crippen molar-refractivity contribution in [3.8, 4) is 0 Å². The summed E-state index contributed by atoms with van der Waals surface area (Å²) in [7, 11) is 0. The number of carbonyl (C=O) groups excluding carboxylic acids is 3. The standard InChI is InChI=1S/C74H124O6/c1-4-7-10-13-16-19-22-24-26-28-30-32-33-34-35-36-37-38-39-40-41-43-44-46-48-50-52-55-58-61-64-67-73(76)79-70-71(69-78-72(75)66-63-60-57-54-21-18-15-12-9-6-3)80-74(77)68-65-62-59-56-53-51-49-47-45-42-31-29-27-25-23-20-17-14-11-8-5-2/h7,10,16,19,23-26,29-32,34-35,37-38,40-41,44,46,71H,4-6,8-9,11-15,17-18,20-22,27-28,33,36,39,42-43,45,47-70H2,1-3H3/b10-7-,19-16-,25-23-,26-24-,31-29-,32-30-,35-34-,38-37-,41-40-,46-44-. The van der Waals surface area contributed by atoms with E-state index < -0.39 is 6.10 Å². The summed E-state index contributed by atoms with van der Waals surface area (Å²) in [6.07, 6.45) is 93.5. The van der Waals surface area contributed by atoms with Crippen LogP contribution in [0.25, 0.3) is 0 Å². The van der Waals surface area contributed by atoms with E-state index in [1.54, 1.807) is 0 Å². The summed E-state index contributed by atoms with van der Waals surface area (Å²) in [5.41, 5.74) is 0. The van der Waals surface area contributed by atoms with Crippen LogP contribution >= 0.6 is 0 Å². The Labute approximate surface area is 494 Å². The van der Waals surface area contributed by atoms with Gasteiger partial charge in [0.15, 0.2) is 6.10 Å². The van der Waals surface area contributed by atoms with Gasteiger partial charge in [0.2, 0.25) is 0 Å². The number of esters is 3. The highest BCUT2D eigenvalue weighted by atomic mass is 16.6. The summed E-state index contributed by atoms with van der Waals surface area (Å²) in [5, 5.41) is 0. The molecule has 0 spiro atoms. The topological polar surface area (TPSA) is 78.9 Å². The zero-order valence-corrected chi connectivity index (χ0v) is 52.3. The second-order valence-corrected chi connectivity index (χ2v) is 22.0. The highest BCUT2D eigenvalue weighted by Gasteiger charge is 2.19. The van der Waals surface area contributed by atoms with E-state index in [1.165, 1.54) is 141 Å². The molecule has 0 radical (unpaired) electrons. The molecule has 456 valence electrons. The monoisotopic (exact) mass is 1110 g/mol. The second kappa shape index (κ2) is 67.3. The van der Waals surface area contributed by atoms with Gasteiger partial charge in [0.05, 0.1) is 0 Å². The Morgan fingerprint density at radius 3 is 0.762 bits per heavy atom. The van der Waals surface area contributed by atoms with Gasteiger partial charge in [0, 0.05) is 19.3 Å². The predicted molar refractivity (Wildman–Crippen MR) is 348 cm³/mol. The molecular formula is C74H124O6. The summed E-state index contributed by atoms with van der Waals surface area (Å²) < 4.78 is 16.9. The molecule has 0 saturated carbocycles. The summed E-state index contributed by atoms with van der Waals surface area (Å²) in [6.45, 7) is 6.51. The smallest absolute Gasteiger partial charge is 0.306 e. The van der Waals surface area contributed by atoms with Gasteiger partial charge in [0.25, 0.3) is 0 Å². The minimum atomic E-state index is -0.788. The molecule has 0 aromatic rings. The van der Waals surface area contributed by atoms with Gasteiger partial charge in [-0.15, -0.1) is 0 Å². The first-order valence-electron chi connectivity index (χ1n) is 33.5. The molecule has 6 heteroatoms. The number of carbonyl (C=O) groups is 3. The van der Waals surface area contributed by atoms with Gasteiger partial charge < -0.3 is 14.2 Å². The highest BCUT2D eigenvalue weighted by molar-refractivity contribution is 5.71. The molecule has 0 aromatic carbocycles. The Balaban J connectivity index is 4.28. The third kappa shape index (κ3) is 64.6. The number of ether oxygens (including phenoxy) is 3. The predicted octanol–water partition coefficient (Wildman–Crippen LogP) is 23.2. The Bertz CT molecular complexity index is 1650.